The summed E-state index contributed by atoms with van der Waals surface area (Å²) in [4.78, 5) is 0. The van der Waals surface area contributed by atoms with Gasteiger partial charge in [-0.3, -0.25) is 0 Å². The maximum Gasteiger partial charge on any atom is 0.115 e. The number of rotatable bonds is 2. The normalized spacial score (nSPS) is 12.9. The average molecular weight is 155 g/mol. The molecule has 1 rings (SSSR count). The van der Waals surface area contributed by atoms with Crippen molar-refractivity contribution in [2.24, 2.45) is 5.73 Å². The Morgan fingerprint density at radius 1 is 1.36 bits per heavy atom. The highest BCUT2D eigenvalue weighted by atomic mass is 19.1. The van der Waals surface area contributed by atoms with Gasteiger partial charge in [-0.25, -0.2) is 4.39 Å². The monoisotopic (exact) mass is 155 g/mol. The van der Waals surface area contributed by atoms with Crippen LogP contribution in [0.15, 0.2) is 24.3 Å². The number of phenolic OH excluding ortho intramolecular Hbond substituents is 1. The number of alkyl halides is 1. The molecule has 1 aromatic rings. The van der Waals surface area contributed by atoms with Crippen LogP contribution in [0, 0.1) is 0 Å². The lowest BCUT2D eigenvalue weighted by atomic mass is 10.1. The summed E-state index contributed by atoms with van der Waals surface area (Å²) in [5, 5.41) is 8.88. The van der Waals surface area contributed by atoms with E-state index in [1.807, 2.05) is 0 Å². The second-order valence-electron chi connectivity index (χ2n) is 2.35. The number of halogens is 1. The largest absolute Gasteiger partial charge is 0.508 e. The summed E-state index contributed by atoms with van der Waals surface area (Å²) in [6, 6.07) is 5.63. The predicted molar refractivity (Wildman–Crippen MR) is 41.0 cm³/mol. The second-order valence-corrected chi connectivity index (χ2v) is 2.35. The first-order chi connectivity index (χ1) is 5.24. The zero-order valence-electron chi connectivity index (χ0n) is 6.00. The van der Waals surface area contributed by atoms with E-state index in [-0.39, 0.29) is 5.75 Å². The predicted octanol–water partition coefficient (Wildman–Crippen LogP) is 1.36. The van der Waals surface area contributed by atoms with E-state index in [1.165, 1.54) is 12.1 Å². The molecule has 0 aliphatic heterocycles. The van der Waals surface area contributed by atoms with Crippen LogP contribution in [0.4, 0.5) is 4.39 Å². The maximum absolute atomic E-state index is 12.0. The minimum atomic E-state index is -0.579. The second kappa shape index (κ2) is 3.34. The molecular weight excluding hydrogens is 145 g/mol. The summed E-state index contributed by atoms with van der Waals surface area (Å²) in [6.07, 6.45) is 0. The molecule has 0 radical (unpaired) electrons. The van der Waals surface area contributed by atoms with E-state index in [9.17, 15) is 4.39 Å². The van der Waals surface area contributed by atoms with Gasteiger partial charge in [-0.15, -0.1) is 0 Å². The summed E-state index contributed by atoms with van der Waals surface area (Å²) >= 11 is 0. The molecule has 0 saturated carbocycles. The lowest BCUT2D eigenvalue weighted by Crippen LogP contribution is -2.11. The van der Waals surface area contributed by atoms with Crippen LogP contribution in [-0.4, -0.2) is 11.8 Å². The van der Waals surface area contributed by atoms with Crippen LogP contribution in [-0.2, 0) is 0 Å². The van der Waals surface area contributed by atoms with E-state index in [1.54, 1.807) is 12.1 Å². The van der Waals surface area contributed by atoms with Gasteiger partial charge in [-0.2, -0.15) is 0 Å². The van der Waals surface area contributed by atoms with Gasteiger partial charge in [0.05, 0.1) is 6.04 Å². The van der Waals surface area contributed by atoms with Gasteiger partial charge in [0.1, 0.15) is 12.4 Å². The Labute approximate surface area is 64.5 Å². The molecule has 0 heterocycles. The van der Waals surface area contributed by atoms with Gasteiger partial charge in [0, 0.05) is 0 Å². The molecular formula is C8H10FNO. The fourth-order valence-electron chi connectivity index (χ4n) is 0.811. The molecule has 0 bridgehead atoms. The Morgan fingerprint density at radius 3 is 2.36 bits per heavy atom. The fraction of sp³-hybridized carbons (Fsp3) is 0.250. The van der Waals surface area contributed by atoms with Crippen molar-refractivity contribution in [3.05, 3.63) is 29.8 Å². The lowest BCUT2D eigenvalue weighted by Gasteiger charge is -2.05. The molecule has 2 nitrogen and oxygen atoms in total. The highest BCUT2D eigenvalue weighted by Crippen LogP contribution is 2.14. The standard InChI is InChI=1S/C8H10FNO/c9-5-8(10)6-1-3-7(11)4-2-6/h1-4,8,11H,5,10H2/t8-/m1/s1. The van der Waals surface area contributed by atoms with Gasteiger partial charge < -0.3 is 10.8 Å². The van der Waals surface area contributed by atoms with E-state index in [0.717, 1.165) is 0 Å². The molecule has 11 heavy (non-hydrogen) atoms. The van der Waals surface area contributed by atoms with Crippen LogP contribution < -0.4 is 5.73 Å². The molecule has 60 valence electrons. The van der Waals surface area contributed by atoms with Crippen molar-refractivity contribution in [1.29, 1.82) is 0 Å². The topological polar surface area (TPSA) is 46.2 Å². The Balaban J connectivity index is 2.81. The Morgan fingerprint density at radius 2 is 1.91 bits per heavy atom. The van der Waals surface area contributed by atoms with Crippen LogP contribution in [0.3, 0.4) is 0 Å². The minimum absolute atomic E-state index is 0.166. The van der Waals surface area contributed by atoms with Crippen molar-refractivity contribution in [2.75, 3.05) is 6.67 Å². The molecule has 3 heteroatoms. The fourth-order valence-corrected chi connectivity index (χ4v) is 0.811. The van der Waals surface area contributed by atoms with Gasteiger partial charge in [0.15, 0.2) is 0 Å². The highest BCUT2D eigenvalue weighted by Gasteiger charge is 2.03. The molecule has 0 aromatic heterocycles. The van der Waals surface area contributed by atoms with Gasteiger partial charge >= 0.3 is 0 Å². The molecule has 0 aliphatic carbocycles. The highest BCUT2D eigenvalue weighted by molar-refractivity contribution is 5.27. The van der Waals surface area contributed by atoms with E-state index in [4.69, 9.17) is 10.8 Å². The zero-order valence-corrected chi connectivity index (χ0v) is 6.00. The van der Waals surface area contributed by atoms with Crippen LogP contribution >= 0.6 is 0 Å². The number of hydrogen-bond donors (Lipinski definition) is 2. The molecule has 0 amide bonds. The maximum atomic E-state index is 12.0. The smallest absolute Gasteiger partial charge is 0.115 e. The number of nitrogens with two attached hydrogens (primary N) is 1. The first-order valence-electron chi connectivity index (χ1n) is 3.34. The van der Waals surface area contributed by atoms with Gasteiger partial charge in [0.25, 0.3) is 0 Å². The Bertz CT molecular complexity index is 222. The van der Waals surface area contributed by atoms with Crippen molar-refractivity contribution in [2.45, 2.75) is 6.04 Å². The average Bonchev–Trinajstić information content (AvgIpc) is 2.05. The lowest BCUT2D eigenvalue weighted by molar-refractivity contribution is 0.436. The molecule has 1 atom stereocenters. The third kappa shape index (κ3) is 1.91. The van der Waals surface area contributed by atoms with Gasteiger partial charge in [-0.05, 0) is 17.7 Å². The number of aromatic hydroxyl groups is 1. The Hall–Kier alpha value is -1.09. The summed E-state index contributed by atoms with van der Waals surface area (Å²) in [7, 11) is 0. The summed E-state index contributed by atoms with van der Waals surface area (Å²) in [6.45, 7) is -0.579. The number of hydrogen-bond acceptors (Lipinski definition) is 2. The van der Waals surface area contributed by atoms with Crippen LogP contribution in [0.25, 0.3) is 0 Å². The summed E-state index contributed by atoms with van der Waals surface area (Å²) in [5.41, 5.74) is 6.09. The molecule has 0 saturated heterocycles. The summed E-state index contributed by atoms with van der Waals surface area (Å²) < 4.78 is 12.0. The molecule has 0 aliphatic rings. The minimum Gasteiger partial charge on any atom is -0.508 e. The van der Waals surface area contributed by atoms with E-state index in [2.05, 4.69) is 0 Å². The van der Waals surface area contributed by atoms with Gasteiger partial charge in [-0.1, -0.05) is 12.1 Å². The zero-order chi connectivity index (χ0) is 8.27. The molecule has 1 aromatic carbocycles. The molecule has 0 unspecified atom stereocenters. The third-order valence-electron chi connectivity index (χ3n) is 1.49. The third-order valence-corrected chi connectivity index (χ3v) is 1.49. The van der Waals surface area contributed by atoms with E-state index >= 15 is 0 Å². The Kier molecular flexibility index (Phi) is 2.44. The van der Waals surface area contributed by atoms with Crippen LogP contribution in [0.2, 0.25) is 0 Å². The molecule has 3 N–H and O–H groups in total. The van der Waals surface area contributed by atoms with Crippen molar-refractivity contribution in [3.8, 4) is 5.75 Å². The van der Waals surface area contributed by atoms with Crippen molar-refractivity contribution >= 4 is 0 Å². The van der Waals surface area contributed by atoms with E-state index < -0.39 is 12.7 Å². The van der Waals surface area contributed by atoms with Crippen molar-refractivity contribution in [3.63, 3.8) is 0 Å². The summed E-state index contributed by atoms with van der Waals surface area (Å²) in [5.74, 6) is 0.166. The van der Waals surface area contributed by atoms with Crippen LogP contribution in [0.5, 0.6) is 5.75 Å². The quantitative estimate of drug-likeness (QED) is 0.677. The van der Waals surface area contributed by atoms with Crippen molar-refractivity contribution in [1.82, 2.24) is 0 Å². The first-order valence-corrected chi connectivity index (χ1v) is 3.34. The van der Waals surface area contributed by atoms with E-state index in [0.29, 0.717) is 5.56 Å². The number of benzene rings is 1. The molecule has 0 fully saturated rings. The van der Waals surface area contributed by atoms with Crippen molar-refractivity contribution < 1.29 is 9.50 Å². The van der Waals surface area contributed by atoms with Gasteiger partial charge in [0.2, 0.25) is 0 Å². The first kappa shape index (κ1) is 8.01. The number of phenols is 1. The molecule has 0 spiro atoms. The van der Waals surface area contributed by atoms with Crippen LogP contribution in [0.1, 0.15) is 11.6 Å². The SMILES string of the molecule is N[C@H](CF)c1ccc(O)cc1.